The van der Waals surface area contributed by atoms with Gasteiger partial charge in [-0.3, -0.25) is 0 Å². The molecule has 0 radical (unpaired) electrons. The molecular formula is C6H9NO2S. The van der Waals surface area contributed by atoms with Gasteiger partial charge in [0, 0.05) is 22.3 Å². The predicted molar refractivity (Wildman–Crippen MR) is 47.7 cm³/mol. The fourth-order valence-electron chi connectivity index (χ4n) is 0.406. The summed E-state index contributed by atoms with van der Waals surface area (Å²) in [6, 6.07) is 0. The zero-order valence-corrected chi connectivity index (χ0v) is 6.28. The lowest BCUT2D eigenvalue weighted by Gasteiger charge is -1.79. The van der Waals surface area contributed by atoms with Crippen molar-refractivity contribution in [3.8, 4) is 0 Å². The third kappa shape index (κ3) is 6.97. The maximum atomic E-state index is 7.00. The first kappa shape index (κ1) is 11.7. The number of hydrogen-bond donors (Lipinski definition) is 1. The Morgan fingerprint density at radius 2 is 1.20 bits per heavy atom. The largest absolute Gasteiger partial charge is 0.368 e. The highest BCUT2D eigenvalue weighted by Crippen LogP contribution is 1.81. The van der Waals surface area contributed by atoms with Gasteiger partial charge in [-0.1, -0.05) is 12.2 Å². The Bertz CT molecular complexity index is 129. The Labute approximate surface area is 66.2 Å². The third-order valence-electron chi connectivity index (χ3n) is 0.718. The van der Waals surface area contributed by atoms with Crippen LogP contribution in [0.1, 0.15) is 0 Å². The van der Waals surface area contributed by atoms with Gasteiger partial charge in [-0.05, 0) is 12.2 Å². The maximum absolute atomic E-state index is 7.00. The Kier molecular flexibility index (Phi) is 12.7. The molecule has 1 N–H and O–H groups in total. The molecule has 0 unspecified atom stereocenters. The average molecular weight is 159 g/mol. The molecule has 0 amide bonds. The lowest BCUT2D eigenvalue weighted by atomic mass is 10.5. The predicted octanol–water partition coefficient (Wildman–Crippen LogP) is 1.35. The van der Waals surface area contributed by atoms with Gasteiger partial charge in [-0.2, -0.15) is 13.5 Å². The summed E-state index contributed by atoms with van der Waals surface area (Å²) < 4.78 is 0. The van der Waals surface area contributed by atoms with Crippen molar-refractivity contribution in [1.82, 2.24) is 5.32 Å². The second kappa shape index (κ2) is 10.9. The summed E-state index contributed by atoms with van der Waals surface area (Å²) in [7, 11) is 0. The van der Waals surface area contributed by atoms with E-state index in [4.69, 9.17) is 9.93 Å². The quantitative estimate of drug-likeness (QED) is 0.580. The molecule has 1 aliphatic heterocycles. The summed E-state index contributed by atoms with van der Waals surface area (Å²) >= 11 is 0. The monoisotopic (exact) mass is 159 g/mol. The van der Waals surface area contributed by atoms with Gasteiger partial charge in [0.1, 0.15) is 0 Å². The lowest BCUT2D eigenvalue weighted by Crippen LogP contribution is -1.87. The van der Waals surface area contributed by atoms with E-state index in [1.807, 2.05) is 36.7 Å². The minimum Gasteiger partial charge on any atom is -0.368 e. The van der Waals surface area contributed by atoms with Crippen molar-refractivity contribution >= 4 is 13.5 Å². The SMILES string of the molecule is C1=CC=CNC=C1.O=O.S. The third-order valence-corrected chi connectivity index (χ3v) is 0.718. The molecule has 56 valence electrons. The fourth-order valence-corrected chi connectivity index (χ4v) is 0.406. The Hall–Kier alpha value is -1.03. The minimum absolute atomic E-state index is 0. The Balaban J connectivity index is 0. The molecule has 1 rings (SSSR count). The molecule has 0 atom stereocenters. The Morgan fingerprint density at radius 1 is 0.800 bits per heavy atom. The van der Waals surface area contributed by atoms with Gasteiger partial charge in [0.25, 0.3) is 0 Å². The fraction of sp³-hybridized carbons (Fsp3) is 0. The van der Waals surface area contributed by atoms with Gasteiger partial charge in [0.05, 0.1) is 0 Å². The van der Waals surface area contributed by atoms with Crippen molar-refractivity contribution in [3.63, 3.8) is 0 Å². The van der Waals surface area contributed by atoms with Gasteiger partial charge in [-0.25, -0.2) is 0 Å². The van der Waals surface area contributed by atoms with Crippen molar-refractivity contribution in [2.75, 3.05) is 0 Å². The molecule has 0 spiro atoms. The van der Waals surface area contributed by atoms with Gasteiger partial charge in [0.2, 0.25) is 0 Å². The first-order valence-corrected chi connectivity index (χ1v) is 2.41. The summed E-state index contributed by atoms with van der Waals surface area (Å²) in [5.41, 5.74) is 0. The maximum Gasteiger partial charge on any atom is 0.000442 e. The number of allylic oxidation sites excluding steroid dienone is 4. The minimum atomic E-state index is 0. The molecule has 0 aliphatic carbocycles. The molecular weight excluding hydrogens is 150 g/mol. The molecule has 3 nitrogen and oxygen atoms in total. The number of hydrogen-bond acceptors (Lipinski definition) is 3. The molecule has 0 fully saturated rings. The average Bonchev–Trinajstić information content (AvgIpc) is 2.21. The van der Waals surface area contributed by atoms with Crippen LogP contribution in [0.5, 0.6) is 0 Å². The van der Waals surface area contributed by atoms with Crippen LogP contribution in [0.2, 0.25) is 0 Å². The van der Waals surface area contributed by atoms with Crippen LogP contribution in [0.3, 0.4) is 0 Å². The highest BCUT2D eigenvalue weighted by molar-refractivity contribution is 7.59. The summed E-state index contributed by atoms with van der Waals surface area (Å²) in [4.78, 5) is 14.0. The van der Waals surface area contributed by atoms with E-state index in [1.54, 1.807) is 0 Å². The van der Waals surface area contributed by atoms with Crippen molar-refractivity contribution in [2.45, 2.75) is 0 Å². The number of nitrogens with one attached hydrogen (secondary N) is 1. The summed E-state index contributed by atoms with van der Waals surface area (Å²) in [6.45, 7) is 0. The van der Waals surface area contributed by atoms with Gasteiger partial charge in [-0.15, -0.1) is 0 Å². The molecule has 10 heavy (non-hydrogen) atoms. The van der Waals surface area contributed by atoms with Crippen LogP contribution in [0.4, 0.5) is 0 Å². The van der Waals surface area contributed by atoms with Gasteiger partial charge < -0.3 is 5.32 Å². The smallest absolute Gasteiger partial charge is 0.000442 e. The first-order valence-electron chi connectivity index (χ1n) is 2.41. The zero-order valence-electron chi connectivity index (χ0n) is 5.28. The van der Waals surface area contributed by atoms with Crippen LogP contribution in [-0.4, -0.2) is 0 Å². The first-order chi connectivity index (χ1) is 4.50. The van der Waals surface area contributed by atoms with Crippen LogP contribution in [-0.2, 0) is 0 Å². The highest BCUT2D eigenvalue weighted by Gasteiger charge is 1.67. The molecule has 0 aromatic heterocycles. The van der Waals surface area contributed by atoms with E-state index in [2.05, 4.69) is 5.32 Å². The summed E-state index contributed by atoms with van der Waals surface area (Å²) in [5.74, 6) is 0. The molecule has 0 bridgehead atoms. The molecule has 0 saturated carbocycles. The van der Waals surface area contributed by atoms with E-state index in [1.165, 1.54) is 0 Å². The molecule has 1 aliphatic rings. The molecule has 0 aromatic carbocycles. The van der Waals surface area contributed by atoms with Crippen molar-refractivity contribution in [3.05, 3.63) is 46.6 Å². The lowest BCUT2D eigenvalue weighted by molar-refractivity contribution is 1.20. The van der Waals surface area contributed by atoms with E-state index in [9.17, 15) is 0 Å². The van der Waals surface area contributed by atoms with Crippen LogP contribution < -0.4 is 5.32 Å². The van der Waals surface area contributed by atoms with E-state index in [0.29, 0.717) is 0 Å². The van der Waals surface area contributed by atoms with Crippen molar-refractivity contribution in [2.24, 2.45) is 0 Å². The molecule has 4 heteroatoms. The van der Waals surface area contributed by atoms with Gasteiger partial charge in [0.15, 0.2) is 0 Å². The van der Waals surface area contributed by atoms with Crippen molar-refractivity contribution in [1.29, 1.82) is 0 Å². The van der Waals surface area contributed by atoms with Crippen LogP contribution in [0.25, 0.3) is 0 Å². The van der Waals surface area contributed by atoms with E-state index >= 15 is 0 Å². The van der Waals surface area contributed by atoms with E-state index in [0.717, 1.165) is 0 Å². The van der Waals surface area contributed by atoms with Crippen LogP contribution in [0, 0.1) is 9.93 Å². The summed E-state index contributed by atoms with van der Waals surface area (Å²) in [6.07, 6.45) is 11.6. The number of rotatable bonds is 0. The topological polar surface area (TPSA) is 46.2 Å². The normalized spacial score (nSPS) is 11.6. The standard InChI is InChI=1S/C6H7N.O2.H2S/c1-2-4-6-7-5-3-1;1-2;/h1-7H;;1H2. The summed E-state index contributed by atoms with van der Waals surface area (Å²) in [5, 5.41) is 2.92. The Morgan fingerprint density at radius 3 is 1.60 bits per heavy atom. The second-order valence-corrected chi connectivity index (χ2v) is 1.27. The molecule has 1 heterocycles. The molecule has 0 saturated heterocycles. The van der Waals surface area contributed by atoms with E-state index < -0.39 is 0 Å². The second-order valence-electron chi connectivity index (χ2n) is 1.27. The van der Waals surface area contributed by atoms with Crippen LogP contribution in [0.15, 0.2) is 36.7 Å². The highest BCUT2D eigenvalue weighted by atomic mass is 32.1. The van der Waals surface area contributed by atoms with Gasteiger partial charge >= 0.3 is 0 Å². The van der Waals surface area contributed by atoms with Crippen LogP contribution >= 0.6 is 13.5 Å². The molecule has 0 aromatic rings. The zero-order chi connectivity index (χ0) is 6.95. The van der Waals surface area contributed by atoms with E-state index in [-0.39, 0.29) is 13.5 Å². The van der Waals surface area contributed by atoms with Crippen molar-refractivity contribution < 1.29 is 0 Å².